The van der Waals surface area contributed by atoms with E-state index in [9.17, 15) is 21.6 Å². The minimum Gasteiger partial charge on any atom is -0.188 e. The molecule has 0 unspecified atom stereocenters. The fraction of sp³-hybridized carbons (Fsp3) is 0.231. The molecule has 0 saturated carbocycles. The minimum absolute atomic E-state index is 0.00449. The van der Waals surface area contributed by atoms with Gasteiger partial charge in [-0.05, 0) is 34.0 Å². The van der Waals surface area contributed by atoms with Crippen molar-refractivity contribution >= 4 is 20.9 Å². The van der Waals surface area contributed by atoms with Crippen LogP contribution in [0.25, 0.3) is 10.8 Å². The number of hydrogen-bond acceptors (Lipinski definition) is 4. The maximum absolute atomic E-state index is 12.3. The van der Waals surface area contributed by atoms with Gasteiger partial charge in [0.25, 0.3) is 0 Å². The molecule has 0 N–H and O–H groups in total. The van der Waals surface area contributed by atoms with Crippen molar-refractivity contribution in [1.82, 2.24) is 5.06 Å². The third-order valence-electron chi connectivity index (χ3n) is 3.25. The molecule has 1 aliphatic rings. The summed E-state index contributed by atoms with van der Waals surface area (Å²) in [6.07, 6.45) is 0. The number of hydrogen-bond donors (Lipinski definition) is 0. The average molecular weight is 317 g/mol. The van der Waals surface area contributed by atoms with E-state index in [-0.39, 0.29) is 13.1 Å². The lowest BCUT2D eigenvalue weighted by Crippen LogP contribution is -2.32. The van der Waals surface area contributed by atoms with E-state index in [0.717, 1.165) is 27.0 Å². The summed E-state index contributed by atoms with van der Waals surface area (Å²) >= 11 is 0. The van der Waals surface area contributed by atoms with Gasteiger partial charge in [-0.1, -0.05) is 24.3 Å². The third kappa shape index (κ3) is 2.61. The monoisotopic (exact) mass is 317 g/mol. The van der Waals surface area contributed by atoms with E-state index in [1.54, 1.807) is 0 Å². The lowest BCUT2D eigenvalue weighted by atomic mass is 10.0. The first-order chi connectivity index (χ1) is 9.76. The van der Waals surface area contributed by atoms with E-state index in [1.807, 2.05) is 36.4 Å². The van der Waals surface area contributed by atoms with Gasteiger partial charge in [0.05, 0.1) is 13.1 Å². The Kier molecular flexibility index (Phi) is 3.19. The van der Waals surface area contributed by atoms with Crippen molar-refractivity contribution in [3.8, 4) is 0 Å². The number of halogens is 3. The van der Waals surface area contributed by atoms with Gasteiger partial charge in [0.2, 0.25) is 0 Å². The first-order valence-electron chi connectivity index (χ1n) is 6.03. The van der Waals surface area contributed by atoms with Gasteiger partial charge >= 0.3 is 15.6 Å². The van der Waals surface area contributed by atoms with Crippen molar-refractivity contribution in [3.05, 3.63) is 47.5 Å². The summed E-state index contributed by atoms with van der Waals surface area (Å²) in [5, 5.41) is 2.68. The zero-order valence-corrected chi connectivity index (χ0v) is 11.4. The Morgan fingerprint density at radius 1 is 1.00 bits per heavy atom. The molecule has 1 heterocycles. The van der Waals surface area contributed by atoms with Gasteiger partial charge in [-0.25, -0.2) is 0 Å². The van der Waals surface area contributed by atoms with Crippen LogP contribution in [0.2, 0.25) is 0 Å². The summed E-state index contributed by atoms with van der Waals surface area (Å²) < 4.78 is 63.1. The molecule has 2 aromatic carbocycles. The van der Waals surface area contributed by atoms with Crippen LogP contribution in [-0.4, -0.2) is 19.0 Å². The topological polar surface area (TPSA) is 46.6 Å². The van der Waals surface area contributed by atoms with Gasteiger partial charge in [0, 0.05) is 0 Å². The lowest BCUT2D eigenvalue weighted by molar-refractivity contribution is -0.105. The van der Waals surface area contributed by atoms with Crippen LogP contribution >= 0.6 is 0 Å². The van der Waals surface area contributed by atoms with E-state index in [2.05, 4.69) is 4.28 Å². The Hall–Kier alpha value is -1.64. The van der Waals surface area contributed by atoms with Crippen molar-refractivity contribution in [2.24, 2.45) is 0 Å². The van der Waals surface area contributed by atoms with Gasteiger partial charge in [0.1, 0.15) is 0 Å². The molecule has 21 heavy (non-hydrogen) atoms. The van der Waals surface area contributed by atoms with Crippen LogP contribution in [0, 0.1) is 0 Å². The van der Waals surface area contributed by atoms with Crippen LogP contribution in [0.1, 0.15) is 11.1 Å². The van der Waals surface area contributed by atoms with Gasteiger partial charge < -0.3 is 0 Å². The number of fused-ring (bicyclic) bond motifs is 2. The van der Waals surface area contributed by atoms with Crippen LogP contribution in [0.15, 0.2) is 36.4 Å². The fourth-order valence-electron chi connectivity index (χ4n) is 2.30. The van der Waals surface area contributed by atoms with Gasteiger partial charge in [-0.15, -0.1) is 0 Å². The molecule has 0 bridgehead atoms. The highest BCUT2D eigenvalue weighted by Crippen LogP contribution is 2.31. The van der Waals surface area contributed by atoms with E-state index in [1.165, 1.54) is 0 Å². The van der Waals surface area contributed by atoms with Crippen LogP contribution in [-0.2, 0) is 27.5 Å². The molecule has 0 aliphatic carbocycles. The fourth-order valence-corrected chi connectivity index (χ4v) is 2.77. The predicted molar refractivity (Wildman–Crippen MR) is 69.3 cm³/mol. The molecular formula is C13H10F3NO3S. The van der Waals surface area contributed by atoms with Crippen molar-refractivity contribution in [1.29, 1.82) is 0 Å². The summed E-state index contributed by atoms with van der Waals surface area (Å²) in [7, 11) is -5.62. The number of alkyl halides is 3. The van der Waals surface area contributed by atoms with E-state index >= 15 is 0 Å². The molecule has 0 atom stereocenters. The highest BCUT2D eigenvalue weighted by molar-refractivity contribution is 7.87. The molecule has 3 rings (SSSR count). The first-order valence-corrected chi connectivity index (χ1v) is 7.43. The van der Waals surface area contributed by atoms with Crippen molar-refractivity contribution in [3.63, 3.8) is 0 Å². The maximum Gasteiger partial charge on any atom is 0.524 e. The number of benzene rings is 2. The van der Waals surface area contributed by atoms with Crippen molar-refractivity contribution in [2.75, 3.05) is 0 Å². The minimum atomic E-state index is -5.62. The highest BCUT2D eigenvalue weighted by Gasteiger charge is 2.49. The van der Waals surface area contributed by atoms with Crippen LogP contribution in [0.5, 0.6) is 0 Å². The lowest BCUT2D eigenvalue weighted by Gasteiger charge is -2.15. The zero-order valence-electron chi connectivity index (χ0n) is 10.6. The van der Waals surface area contributed by atoms with Crippen LogP contribution in [0.4, 0.5) is 13.2 Å². The smallest absolute Gasteiger partial charge is 0.188 e. The number of nitrogens with zero attached hydrogens (tertiary/aromatic N) is 1. The average Bonchev–Trinajstić information content (AvgIpc) is 2.74. The van der Waals surface area contributed by atoms with Crippen molar-refractivity contribution in [2.45, 2.75) is 18.6 Å². The number of rotatable bonds is 2. The predicted octanol–water partition coefficient (Wildman–Crippen LogP) is 2.94. The Morgan fingerprint density at radius 2 is 1.48 bits per heavy atom. The Balaban J connectivity index is 1.87. The second-order valence-corrected chi connectivity index (χ2v) is 6.26. The van der Waals surface area contributed by atoms with Crippen molar-refractivity contribution < 1.29 is 25.9 Å². The van der Waals surface area contributed by atoms with Crippen LogP contribution < -0.4 is 0 Å². The molecular weight excluding hydrogens is 307 g/mol. The van der Waals surface area contributed by atoms with Crippen LogP contribution in [0.3, 0.4) is 0 Å². The summed E-state index contributed by atoms with van der Waals surface area (Å²) in [5.74, 6) is 0. The second-order valence-electron chi connectivity index (χ2n) is 4.74. The molecule has 0 radical (unpaired) electrons. The number of hydroxylamine groups is 2. The van der Waals surface area contributed by atoms with Gasteiger partial charge in [-0.2, -0.15) is 30.9 Å². The van der Waals surface area contributed by atoms with E-state index in [0.29, 0.717) is 0 Å². The SMILES string of the molecule is O=S(=O)(ON1Cc2cc3ccccc3cc2C1)C(F)(F)F. The molecule has 0 amide bonds. The van der Waals surface area contributed by atoms with Gasteiger partial charge in [-0.3, -0.25) is 0 Å². The molecule has 0 aromatic heterocycles. The molecule has 4 nitrogen and oxygen atoms in total. The summed E-state index contributed by atoms with van der Waals surface area (Å²) in [6, 6.07) is 11.1. The van der Waals surface area contributed by atoms with E-state index in [4.69, 9.17) is 0 Å². The Morgan fingerprint density at radius 3 is 1.90 bits per heavy atom. The van der Waals surface area contributed by atoms with E-state index < -0.39 is 15.6 Å². The normalized spacial score (nSPS) is 16.3. The second kappa shape index (κ2) is 4.69. The molecule has 0 saturated heterocycles. The molecule has 2 aromatic rings. The molecule has 1 aliphatic heterocycles. The zero-order chi connectivity index (χ0) is 15.3. The molecule has 0 fully saturated rings. The Labute approximate surface area is 118 Å². The molecule has 8 heteroatoms. The maximum atomic E-state index is 12.3. The molecule has 0 spiro atoms. The molecule has 112 valence electrons. The largest absolute Gasteiger partial charge is 0.524 e. The van der Waals surface area contributed by atoms with Gasteiger partial charge in [0.15, 0.2) is 0 Å². The summed E-state index contributed by atoms with van der Waals surface area (Å²) in [4.78, 5) is 0. The highest BCUT2D eigenvalue weighted by atomic mass is 32.2. The first kappa shape index (κ1) is 14.3. The quantitative estimate of drug-likeness (QED) is 0.799. The Bertz CT molecular complexity index is 757. The third-order valence-corrected chi connectivity index (χ3v) is 4.22. The summed E-state index contributed by atoms with van der Waals surface area (Å²) in [5.41, 5.74) is -3.91. The summed E-state index contributed by atoms with van der Waals surface area (Å²) in [6.45, 7) is -0.00897. The standard InChI is InChI=1S/C13H10F3NO3S/c14-13(15,16)21(18,19)20-17-7-11-5-9-3-1-2-4-10(9)6-12(11)8-17/h1-6H,7-8H2.